The molecule has 1 aliphatic rings. The molecule has 0 bridgehead atoms. The largest absolute Gasteiger partial charge is 0.481 e. The molecule has 0 spiro atoms. The number of hydrogen-bond acceptors (Lipinski definition) is 2. The van der Waals surface area contributed by atoms with Gasteiger partial charge in [0.2, 0.25) is 0 Å². The third-order valence-electron chi connectivity index (χ3n) is 4.97. The Labute approximate surface area is 124 Å². The zero-order valence-corrected chi connectivity index (χ0v) is 13.8. The number of rotatable bonds is 8. The SMILES string of the molecule is CCCCCN(CC1(C(=O)O)CCC(C)CC1)C(C)C. The van der Waals surface area contributed by atoms with Crippen LogP contribution in [0.3, 0.4) is 0 Å². The molecule has 0 heterocycles. The number of carbonyl (C=O) groups is 1. The molecule has 0 aromatic heterocycles. The molecule has 1 aliphatic carbocycles. The van der Waals surface area contributed by atoms with Crippen LogP contribution in [0.15, 0.2) is 0 Å². The van der Waals surface area contributed by atoms with Crippen molar-refractivity contribution in [3.63, 3.8) is 0 Å². The van der Waals surface area contributed by atoms with Crippen molar-refractivity contribution in [2.45, 2.75) is 78.7 Å². The summed E-state index contributed by atoms with van der Waals surface area (Å²) in [5, 5.41) is 9.75. The highest BCUT2D eigenvalue weighted by Crippen LogP contribution is 2.40. The number of carboxylic acid groups (broad SMARTS) is 1. The Balaban J connectivity index is 2.68. The zero-order valence-electron chi connectivity index (χ0n) is 13.8. The predicted octanol–water partition coefficient (Wildman–Crippen LogP) is 4.17. The Kier molecular flexibility index (Phi) is 7.01. The van der Waals surface area contributed by atoms with E-state index in [2.05, 4.69) is 32.6 Å². The molecule has 0 aliphatic heterocycles. The van der Waals surface area contributed by atoms with Gasteiger partial charge in [-0.1, -0.05) is 26.7 Å². The first-order chi connectivity index (χ1) is 9.41. The molecule has 0 atom stereocenters. The van der Waals surface area contributed by atoms with Crippen molar-refractivity contribution >= 4 is 5.97 Å². The van der Waals surface area contributed by atoms with Gasteiger partial charge in [0, 0.05) is 12.6 Å². The van der Waals surface area contributed by atoms with Crippen LogP contribution >= 0.6 is 0 Å². The molecule has 1 fully saturated rings. The van der Waals surface area contributed by atoms with E-state index in [1.165, 1.54) is 19.3 Å². The Morgan fingerprint density at radius 3 is 2.35 bits per heavy atom. The minimum Gasteiger partial charge on any atom is -0.481 e. The number of hydrogen-bond donors (Lipinski definition) is 1. The number of nitrogens with zero attached hydrogens (tertiary/aromatic N) is 1. The van der Waals surface area contributed by atoms with E-state index in [4.69, 9.17) is 0 Å². The van der Waals surface area contributed by atoms with Crippen LogP contribution in [-0.4, -0.2) is 35.1 Å². The molecule has 20 heavy (non-hydrogen) atoms. The molecule has 0 unspecified atom stereocenters. The van der Waals surface area contributed by atoms with Crippen LogP contribution in [0.2, 0.25) is 0 Å². The van der Waals surface area contributed by atoms with Crippen molar-refractivity contribution < 1.29 is 9.90 Å². The summed E-state index contributed by atoms with van der Waals surface area (Å²) in [5.41, 5.74) is -0.497. The van der Waals surface area contributed by atoms with Crippen LogP contribution in [0.5, 0.6) is 0 Å². The van der Waals surface area contributed by atoms with E-state index in [-0.39, 0.29) is 0 Å². The van der Waals surface area contributed by atoms with Gasteiger partial charge in [0.1, 0.15) is 0 Å². The fourth-order valence-corrected chi connectivity index (χ4v) is 3.23. The van der Waals surface area contributed by atoms with Crippen molar-refractivity contribution in [2.75, 3.05) is 13.1 Å². The number of aliphatic carboxylic acids is 1. The van der Waals surface area contributed by atoms with E-state index >= 15 is 0 Å². The fraction of sp³-hybridized carbons (Fsp3) is 0.941. The first kappa shape index (κ1) is 17.5. The van der Waals surface area contributed by atoms with Crippen molar-refractivity contribution in [3.05, 3.63) is 0 Å². The molecule has 1 saturated carbocycles. The zero-order chi connectivity index (χ0) is 15.2. The smallest absolute Gasteiger partial charge is 0.310 e. The maximum absolute atomic E-state index is 11.8. The summed E-state index contributed by atoms with van der Waals surface area (Å²) in [7, 11) is 0. The van der Waals surface area contributed by atoms with Gasteiger partial charge in [-0.2, -0.15) is 0 Å². The summed E-state index contributed by atoms with van der Waals surface area (Å²) in [5.74, 6) is 0.112. The molecular formula is C17H33NO2. The van der Waals surface area contributed by atoms with Gasteiger partial charge in [0.15, 0.2) is 0 Å². The standard InChI is InChI=1S/C17H33NO2/c1-5-6-7-12-18(14(2)3)13-17(16(19)20)10-8-15(4)9-11-17/h14-15H,5-13H2,1-4H3,(H,19,20). The van der Waals surface area contributed by atoms with E-state index < -0.39 is 11.4 Å². The maximum atomic E-state index is 11.8. The minimum absolute atomic E-state index is 0.433. The third-order valence-corrected chi connectivity index (χ3v) is 4.97. The molecule has 1 N–H and O–H groups in total. The van der Waals surface area contributed by atoms with Crippen LogP contribution in [0, 0.1) is 11.3 Å². The average molecular weight is 283 g/mol. The van der Waals surface area contributed by atoms with Crippen LogP contribution < -0.4 is 0 Å². The summed E-state index contributed by atoms with van der Waals surface area (Å²) < 4.78 is 0. The Morgan fingerprint density at radius 1 is 1.30 bits per heavy atom. The topological polar surface area (TPSA) is 40.5 Å². The molecule has 1 rings (SSSR count). The summed E-state index contributed by atoms with van der Waals surface area (Å²) in [6.07, 6.45) is 7.45. The maximum Gasteiger partial charge on any atom is 0.310 e. The van der Waals surface area contributed by atoms with Gasteiger partial charge in [0.25, 0.3) is 0 Å². The fourth-order valence-electron chi connectivity index (χ4n) is 3.23. The van der Waals surface area contributed by atoms with E-state index in [9.17, 15) is 9.90 Å². The van der Waals surface area contributed by atoms with Crippen LogP contribution in [0.4, 0.5) is 0 Å². The van der Waals surface area contributed by atoms with Gasteiger partial charge in [-0.05, 0) is 58.4 Å². The van der Waals surface area contributed by atoms with Gasteiger partial charge in [-0.15, -0.1) is 0 Å². The first-order valence-corrected chi connectivity index (χ1v) is 8.38. The van der Waals surface area contributed by atoms with Crippen molar-refractivity contribution in [3.8, 4) is 0 Å². The third kappa shape index (κ3) is 4.76. The number of unbranched alkanes of at least 4 members (excludes halogenated alkanes) is 2. The average Bonchev–Trinajstić information content (AvgIpc) is 2.40. The molecule has 0 amide bonds. The minimum atomic E-state index is -0.578. The van der Waals surface area contributed by atoms with Crippen molar-refractivity contribution in [1.29, 1.82) is 0 Å². The lowest BCUT2D eigenvalue weighted by Crippen LogP contribution is -2.47. The van der Waals surface area contributed by atoms with E-state index in [1.54, 1.807) is 0 Å². The molecular weight excluding hydrogens is 250 g/mol. The van der Waals surface area contributed by atoms with E-state index in [0.29, 0.717) is 12.0 Å². The second kappa shape index (κ2) is 8.02. The molecule has 0 radical (unpaired) electrons. The quantitative estimate of drug-likeness (QED) is 0.680. The van der Waals surface area contributed by atoms with Crippen LogP contribution in [0.25, 0.3) is 0 Å². The molecule has 3 heteroatoms. The van der Waals surface area contributed by atoms with Gasteiger partial charge in [-0.25, -0.2) is 0 Å². The normalized spacial score (nSPS) is 27.2. The molecule has 0 aromatic carbocycles. The molecule has 0 saturated heterocycles. The Bertz CT molecular complexity index is 293. The van der Waals surface area contributed by atoms with E-state index in [0.717, 1.165) is 38.8 Å². The second-order valence-electron chi connectivity index (χ2n) is 7.04. The second-order valence-corrected chi connectivity index (χ2v) is 7.04. The highest BCUT2D eigenvalue weighted by atomic mass is 16.4. The Morgan fingerprint density at radius 2 is 1.90 bits per heavy atom. The molecule has 118 valence electrons. The van der Waals surface area contributed by atoms with Crippen LogP contribution in [0.1, 0.15) is 72.6 Å². The van der Waals surface area contributed by atoms with Crippen LogP contribution in [-0.2, 0) is 4.79 Å². The van der Waals surface area contributed by atoms with Gasteiger partial charge in [0.05, 0.1) is 5.41 Å². The van der Waals surface area contributed by atoms with Crippen molar-refractivity contribution in [2.24, 2.45) is 11.3 Å². The molecule has 3 nitrogen and oxygen atoms in total. The predicted molar refractivity (Wildman–Crippen MR) is 83.9 cm³/mol. The Hall–Kier alpha value is -0.570. The summed E-state index contributed by atoms with van der Waals surface area (Å²) >= 11 is 0. The first-order valence-electron chi connectivity index (χ1n) is 8.38. The lowest BCUT2D eigenvalue weighted by molar-refractivity contribution is -0.153. The van der Waals surface area contributed by atoms with Gasteiger partial charge < -0.3 is 5.11 Å². The summed E-state index contributed by atoms with van der Waals surface area (Å²) in [6.45, 7) is 10.6. The molecule has 0 aromatic rings. The van der Waals surface area contributed by atoms with Crippen molar-refractivity contribution in [1.82, 2.24) is 4.90 Å². The summed E-state index contributed by atoms with van der Waals surface area (Å²) in [6, 6.07) is 0.433. The number of carboxylic acids is 1. The monoisotopic (exact) mass is 283 g/mol. The van der Waals surface area contributed by atoms with E-state index in [1.807, 2.05) is 0 Å². The van der Waals surface area contributed by atoms with Gasteiger partial charge in [-0.3, -0.25) is 9.69 Å². The highest BCUT2D eigenvalue weighted by Gasteiger charge is 2.42. The summed E-state index contributed by atoms with van der Waals surface area (Å²) in [4.78, 5) is 14.2. The lowest BCUT2D eigenvalue weighted by Gasteiger charge is -2.41. The van der Waals surface area contributed by atoms with Gasteiger partial charge >= 0.3 is 5.97 Å². The lowest BCUT2D eigenvalue weighted by atomic mass is 9.70. The highest BCUT2D eigenvalue weighted by molar-refractivity contribution is 5.75.